The van der Waals surface area contributed by atoms with E-state index in [0.29, 0.717) is 0 Å². The number of carbonyl (C=O) groups excluding carboxylic acids is 2. The van der Waals surface area contributed by atoms with Gasteiger partial charge in [0.2, 0.25) is 17.0 Å². The van der Waals surface area contributed by atoms with Crippen LogP contribution < -0.4 is 5.32 Å². The van der Waals surface area contributed by atoms with Crippen LogP contribution in [0.3, 0.4) is 0 Å². The van der Waals surface area contributed by atoms with E-state index in [1.165, 1.54) is 14.0 Å². The number of hydrogen-bond donors (Lipinski definition) is 1. The zero-order chi connectivity index (χ0) is 15.7. The van der Waals surface area contributed by atoms with Gasteiger partial charge in [-0.1, -0.05) is 0 Å². The molecule has 9 nitrogen and oxygen atoms in total. The summed E-state index contributed by atoms with van der Waals surface area (Å²) < 4.78 is 0. The summed E-state index contributed by atoms with van der Waals surface area (Å²) >= 11 is 5.70. The SMILES string of the molecule is Cc1nc(Cl)nc(NC2CCC(=O)N(C)C2=O)c1[N+](=O)[O-]. The number of nitrogens with one attached hydrogen (secondary N) is 1. The molecule has 0 aromatic carbocycles. The number of hydrogen-bond acceptors (Lipinski definition) is 7. The Hall–Kier alpha value is -2.29. The van der Waals surface area contributed by atoms with Crippen molar-refractivity contribution in [3.8, 4) is 0 Å². The smallest absolute Gasteiger partial charge is 0.332 e. The Labute approximate surface area is 124 Å². The molecule has 1 saturated heterocycles. The molecule has 10 heteroatoms. The molecular weight excluding hydrogens is 302 g/mol. The Kier molecular flexibility index (Phi) is 4.03. The fourth-order valence-corrected chi connectivity index (χ4v) is 2.28. The average molecular weight is 314 g/mol. The van der Waals surface area contributed by atoms with Gasteiger partial charge in [0.05, 0.1) is 4.92 Å². The number of aromatic nitrogens is 2. The van der Waals surface area contributed by atoms with Crippen LogP contribution in [0.1, 0.15) is 18.5 Å². The Morgan fingerprint density at radius 3 is 2.71 bits per heavy atom. The molecule has 1 aliphatic rings. The number of nitrogens with zero attached hydrogens (tertiary/aromatic N) is 4. The van der Waals surface area contributed by atoms with Crippen LogP contribution in [0.4, 0.5) is 11.5 Å². The minimum atomic E-state index is -0.767. The second-order valence-electron chi connectivity index (χ2n) is 4.56. The third kappa shape index (κ3) is 2.92. The predicted molar refractivity (Wildman–Crippen MR) is 72.9 cm³/mol. The maximum Gasteiger partial charge on any atom is 0.332 e. The molecule has 0 radical (unpaired) electrons. The highest BCUT2D eigenvalue weighted by Crippen LogP contribution is 2.28. The van der Waals surface area contributed by atoms with Gasteiger partial charge >= 0.3 is 5.69 Å². The summed E-state index contributed by atoms with van der Waals surface area (Å²) in [4.78, 5) is 42.3. The Morgan fingerprint density at radius 2 is 2.10 bits per heavy atom. The molecule has 1 atom stereocenters. The fraction of sp³-hybridized carbons (Fsp3) is 0.455. The van der Waals surface area contributed by atoms with Crippen molar-refractivity contribution in [1.29, 1.82) is 0 Å². The third-order valence-corrected chi connectivity index (χ3v) is 3.34. The van der Waals surface area contributed by atoms with Gasteiger partial charge in [-0.05, 0) is 24.9 Å². The van der Waals surface area contributed by atoms with Crippen molar-refractivity contribution in [3.63, 3.8) is 0 Å². The minimum absolute atomic E-state index is 0.0928. The fourth-order valence-electron chi connectivity index (χ4n) is 2.07. The first-order chi connectivity index (χ1) is 9.81. The number of likely N-dealkylation sites (N-methyl/N-ethyl adjacent to an activating group) is 1. The van der Waals surface area contributed by atoms with Crippen LogP contribution >= 0.6 is 11.6 Å². The number of rotatable bonds is 3. The largest absolute Gasteiger partial charge is 0.352 e. The zero-order valence-corrected chi connectivity index (χ0v) is 12.0. The summed E-state index contributed by atoms with van der Waals surface area (Å²) in [5.41, 5.74) is -0.248. The molecule has 1 unspecified atom stereocenters. The molecular formula is C11H12ClN5O4. The second-order valence-corrected chi connectivity index (χ2v) is 4.90. The number of nitro groups is 1. The van der Waals surface area contributed by atoms with E-state index < -0.39 is 16.9 Å². The van der Waals surface area contributed by atoms with Gasteiger partial charge in [-0.3, -0.25) is 24.6 Å². The van der Waals surface area contributed by atoms with Crippen molar-refractivity contribution in [2.45, 2.75) is 25.8 Å². The highest BCUT2D eigenvalue weighted by Gasteiger charge is 2.34. The van der Waals surface area contributed by atoms with E-state index in [1.807, 2.05) is 0 Å². The van der Waals surface area contributed by atoms with Gasteiger partial charge in [0, 0.05) is 13.5 Å². The number of piperidine rings is 1. The molecule has 1 aromatic rings. The number of imide groups is 1. The lowest BCUT2D eigenvalue weighted by molar-refractivity contribution is -0.385. The minimum Gasteiger partial charge on any atom is -0.352 e. The molecule has 0 spiro atoms. The lowest BCUT2D eigenvalue weighted by atomic mass is 10.0. The van der Waals surface area contributed by atoms with Crippen molar-refractivity contribution in [3.05, 3.63) is 21.1 Å². The molecule has 0 saturated carbocycles. The van der Waals surface area contributed by atoms with Crippen molar-refractivity contribution >= 4 is 34.9 Å². The first kappa shape index (κ1) is 15.1. The summed E-state index contributed by atoms with van der Waals surface area (Å²) in [5.74, 6) is -0.879. The van der Waals surface area contributed by atoms with Crippen molar-refractivity contribution < 1.29 is 14.5 Å². The van der Waals surface area contributed by atoms with Crippen LogP contribution in [-0.2, 0) is 9.59 Å². The Bertz CT molecular complexity index is 635. The molecule has 2 amide bonds. The summed E-state index contributed by atoms with van der Waals surface area (Å²) in [7, 11) is 1.37. The van der Waals surface area contributed by atoms with Crippen LogP contribution in [0, 0.1) is 17.0 Å². The summed E-state index contributed by atoms with van der Waals surface area (Å²) in [6, 6.07) is -0.767. The molecule has 0 bridgehead atoms. The number of aryl methyl sites for hydroxylation is 1. The van der Waals surface area contributed by atoms with Crippen LogP contribution in [0.25, 0.3) is 0 Å². The van der Waals surface area contributed by atoms with Crippen LogP contribution in [0.5, 0.6) is 0 Å². The molecule has 2 heterocycles. The van der Waals surface area contributed by atoms with E-state index in [1.54, 1.807) is 0 Å². The van der Waals surface area contributed by atoms with Gasteiger partial charge in [0.15, 0.2) is 0 Å². The highest BCUT2D eigenvalue weighted by molar-refractivity contribution is 6.28. The Balaban J connectivity index is 2.33. The lowest BCUT2D eigenvalue weighted by Gasteiger charge is -2.28. The number of amides is 2. The summed E-state index contributed by atoms with van der Waals surface area (Å²) in [6.45, 7) is 1.43. The average Bonchev–Trinajstić information content (AvgIpc) is 2.38. The zero-order valence-electron chi connectivity index (χ0n) is 11.3. The van der Waals surface area contributed by atoms with Gasteiger partial charge in [0.1, 0.15) is 11.7 Å². The standard InChI is InChI=1S/C11H12ClN5O4/c1-5-8(17(20)21)9(15-11(12)13-5)14-6-3-4-7(18)16(2)10(6)19/h6H,3-4H2,1-2H3,(H,13,14,15). The van der Waals surface area contributed by atoms with Crippen LogP contribution in [0.15, 0.2) is 0 Å². The van der Waals surface area contributed by atoms with Gasteiger partial charge in [-0.15, -0.1) is 0 Å². The predicted octanol–water partition coefficient (Wildman–Crippen LogP) is 0.906. The quantitative estimate of drug-likeness (QED) is 0.381. The molecule has 21 heavy (non-hydrogen) atoms. The Morgan fingerprint density at radius 1 is 1.43 bits per heavy atom. The van der Waals surface area contributed by atoms with E-state index in [-0.39, 0.29) is 41.2 Å². The van der Waals surface area contributed by atoms with Gasteiger partial charge in [-0.2, -0.15) is 4.98 Å². The molecule has 0 aliphatic carbocycles. The number of anilines is 1. The van der Waals surface area contributed by atoms with Crippen molar-refractivity contribution in [2.75, 3.05) is 12.4 Å². The van der Waals surface area contributed by atoms with Gasteiger partial charge in [-0.25, -0.2) is 4.98 Å². The van der Waals surface area contributed by atoms with Crippen molar-refractivity contribution in [1.82, 2.24) is 14.9 Å². The molecule has 1 fully saturated rings. The van der Waals surface area contributed by atoms with Crippen LogP contribution in [0.2, 0.25) is 5.28 Å². The number of carbonyl (C=O) groups is 2. The van der Waals surface area contributed by atoms with E-state index in [2.05, 4.69) is 15.3 Å². The van der Waals surface area contributed by atoms with E-state index in [0.717, 1.165) is 4.90 Å². The molecule has 1 aromatic heterocycles. The monoisotopic (exact) mass is 313 g/mol. The van der Waals surface area contributed by atoms with E-state index in [4.69, 9.17) is 11.6 Å². The van der Waals surface area contributed by atoms with Gasteiger partial charge < -0.3 is 5.32 Å². The highest BCUT2D eigenvalue weighted by atomic mass is 35.5. The summed E-state index contributed by atoms with van der Waals surface area (Å²) in [6.07, 6.45) is 0.408. The van der Waals surface area contributed by atoms with Gasteiger partial charge in [0.25, 0.3) is 5.91 Å². The van der Waals surface area contributed by atoms with Crippen molar-refractivity contribution in [2.24, 2.45) is 0 Å². The number of likely N-dealkylation sites (tertiary alicyclic amines) is 1. The third-order valence-electron chi connectivity index (χ3n) is 3.17. The first-order valence-corrected chi connectivity index (χ1v) is 6.44. The molecule has 1 N–H and O–H groups in total. The lowest BCUT2D eigenvalue weighted by Crippen LogP contribution is -2.48. The molecule has 2 rings (SSSR count). The normalized spacial score (nSPS) is 18.8. The summed E-state index contributed by atoms with van der Waals surface area (Å²) in [5, 5.41) is 13.6. The topological polar surface area (TPSA) is 118 Å². The number of halogens is 1. The van der Waals surface area contributed by atoms with E-state index >= 15 is 0 Å². The first-order valence-electron chi connectivity index (χ1n) is 6.06. The molecule has 1 aliphatic heterocycles. The van der Waals surface area contributed by atoms with Crippen LogP contribution in [-0.4, -0.2) is 44.7 Å². The maximum absolute atomic E-state index is 12.0. The maximum atomic E-state index is 12.0. The van der Waals surface area contributed by atoms with E-state index in [9.17, 15) is 19.7 Å². The second kappa shape index (κ2) is 5.60. The molecule has 112 valence electrons.